The van der Waals surface area contributed by atoms with E-state index in [0.29, 0.717) is 12.8 Å². The summed E-state index contributed by atoms with van der Waals surface area (Å²) in [6.45, 7) is 5.00. The van der Waals surface area contributed by atoms with Gasteiger partial charge >= 0.3 is 5.97 Å². The molecule has 1 N–H and O–H groups in total. The predicted octanol–water partition coefficient (Wildman–Crippen LogP) is 3.99. The average molecular weight is 331 g/mol. The van der Waals surface area contributed by atoms with Crippen molar-refractivity contribution in [2.45, 2.75) is 70.8 Å². The van der Waals surface area contributed by atoms with Gasteiger partial charge < -0.3 is 10.0 Å². The standard InChI is InChI=1S/C20H29NO3/c1-3-16-7-9-17(10-8-16)15(2)14-19(22)21-13-5-4-6-18(21)11-12-20(23)24/h7-10,15,18H,3-6,11-14H2,1-2H3,(H,23,24). The second-order valence-corrected chi connectivity index (χ2v) is 6.87. The van der Waals surface area contributed by atoms with Gasteiger partial charge in [0.25, 0.3) is 0 Å². The Labute approximate surface area is 144 Å². The quantitative estimate of drug-likeness (QED) is 0.822. The number of aliphatic carboxylic acids is 1. The predicted molar refractivity (Wildman–Crippen MR) is 95.1 cm³/mol. The molecule has 0 aliphatic carbocycles. The third-order valence-corrected chi connectivity index (χ3v) is 5.08. The molecule has 0 saturated carbocycles. The molecule has 24 heavy (non-hydrogen) atoms. The van der Waals surface area contributed by atoms with Gasteiger partial charge in [0.05, 0.1) is 0 Å². The van der Waals surface area contributed by atoms with E-state index in [2.05, 4.69) is 38.1 Å². The maximum absolute atomic E-state index is 12.7. The molecule has 1 aromatic carbocycles. The van der Waals surface area contributed by atoms with Crippen LogP contribution in [0.15, 0.2) is 24.3 Å². The van der Waals surface area contributed by atoms with E-state index in [1.807, 2.05) is 4.90 Å². The fourth-order valence-electron chi connectivity index (χ4n) is 3.50. The molecule has 0 aromatic heterocycles. The number of nitrogens with zero attached hydrogens (tertiary/aromatic N) is 1. The fourth-order valence-corrected chi connectivity index (χ4v) is 3.50. The Morgan fingerprint density at radius 2 is 1.96 bits per heavy atom. The molecule has 0 bridgehead atoms. The number of hydrogen-bond acceptors (Lipinski definition) is 2. The second-order valence-electron chi connectivity index (χ2n) is 6.87. The number of hydrogen-bond donors (Lipinski definition) is 1. The zero-order valence-corrected chi connectivity index (χ0v) is 14.8. The van der Waals surface area contributed by atoms with Crippen LogP contribution in [0.3, 0.4) is 0 Å². The van der Waals surface area contributed by atoms with Crippen LogP contribution in [0.25, 0.3) is 0 Å². The molecule has 2 rings (SSSR count). The first-order chi connectivity index (χ1) is 11.5. The number of benzene rings is 1. The number of likely N-dealkylation sites (tertiary alicyclic amines) is 1. The highest BCUT2D eigenvalue weighted by atomic mass is 16.4. The van der Waals surface area contributed by atoms with Gasteiger partial charge in [-0.25, -0.2) is 0 Å². The number of rotatable bonds is 7. The number of carboxylic acid groups (broad SMARTS) is 1. The van der Waals surface area contributed by atoms with Crippen LogP contribution in [0.5, 0.6) is 0 Å². The molecule has 0 spiro atoms. The fraction of sp³-hybridized carbons (Fsp3) is 0.600. The van der Waals surface area contributed by atoms with Crippen molar-refractivity contribution in [2.24, 2.45) is 0 Å². The Morgan fingerprint density at radius 1 is 1.25 bits per heavy atom. The first-order valence-electron chi connectivity index (χ1n) is 9.11. The van der Waals surface area contributed by atoms with Crippen molar-refractivity contribution in [1.29, 1.82) is 0 Å². The summed E-state index contributed by atoms with van der Waals surface area (Å²) >= 11 is 0. The highest BCUT2D eigenvalue weighted by Gasteiger charge is 2.27. The van der Waals surface area contributed by atoms with Gasteiger partial charge in [-0.1, -0.05) is 38.1 Å². The van der Waals surface area contributed by atoms with Crippen LogP contribution < -0.4 is 0 Å². The molecule has 1 aromatic rings. The van der Waals surface area contributed by atoms with Crippen molar-refractivity contribution < 1.29 is 14.7 Å². The van der Waals surface area contributed by atoms with Gasteiger partial charge in [-0.3, -0.25) is 9.59 Å². The summed E-state index contributed by atoms with van der Waals surface area (Å²) in [6.07, 6.45) is 5.26. The molecule has 2 unspecified atom stereocenters. The van der Waals surface area contributed by atoms with E-state index in [0.717, 1.165) is 32.2 Å². The van der Waals surface area contributed by atoms with E-state index in [9.17, 15) is 9.59 Å². The molecule has 2 atom stereocenters. The molecule has 0 radical (unpaired) electrons. The van der Waals surface area contributed by atoms with E-state index in [-0.39, 0.29) is 24.3 Å². The molecule has 132 valence electrons. The van der Waals surface area contributed by atoms with Gasteiger partial charge in [-0.15, -0.1) is 0 Å². The van der Waals surface area contributed by atoms with E-state index in [1.54, 1.807) is 0 Å². The largest absolute Gasteiger partial charge is 0.481 e. The lowest BCUT2D eigenvalue weighted by Gasteiger charge is -2.36. The van der Waals surface area contributed by atoms with E-state index in [4.69, 9.17) is 5.11 Å². The Kier molecular flexibility index (Phi) is 6.83. The first-order valence-corrected chi connectivity index (χ1v) is 9.11. The summed E-state index contributed by atoms with van der Waals surface area (Å²) in [5, 5.41) is 8.90. The van der Waals surface area contributed by atoms with Gasteiger partial charge in [-0.2, -0.15) is 0 Å². The van der Waals surface area contributed by atoms with Gasteiger partial charge in [0.1, 0.15) is 0 Å². The third kappa shape index (κ3) is 5.08. The van der Waals surface area contributed by atoms with Crippen LogP contribution in [0, 0.1) is 0 Å². The van der Waals surface area contributed by atoms with Gasteiger partial charge in [0.2, 0.25) is 5.91 Å². The van der Waals surface area contributed by atoms with Crippen molar-refractivity contribution in [1.82, 2.24) is 4.90 Å². The highest BCUT2D eigenvalue weighted by molar-refractivity contribution is 5.77. The van der Waals surface area contributed by atoms with Crippen LogP contribution in [0.1, 0.15) is 69.4 Å². The maximum Gasteiger partial charge on any atom is 0.303 e. The number of carbonyl (C=O) groups excluding carboxylic acids is 1. The van der Waals surface area contributed by atoms with Crippen LogP contribution >= 0.6 is 0 Å². The van der Waals surface area contributed by atoms with Crippen molar-refractivity contribution in [3.05, 3.63) is 35.4 Å². The molecule has 1 saturated heterocycles. The lowest BCUT2D eigenvalue weighted by molar-refractivity contribution is -0.140. The molecule has 1 heterocycles. The number of carboxylic acids is 1. The summed E-state index contributed by atoms with van der Waals surface area (Å²) in [4.78, 5) is 25.5. The van der Waals surface area contributed by atoms with Crippen molar-refractivity contribution in [3.63, 3.8) is 0 Å². The summed E-state index contributed by atoms with van der Waals surface area (Å²) < 4.78 is 0. The number of amides is 1. The monoisotopic (exact) mass is 331 g/mol. The smallest absolute Gasteiger partial charge is 0.303 e. The Morgan fingerprint density at radius 3 is 2.58 bits per heavy atom. The third-order valence-electron chi connectivity index (χ3n) is 5.08. The van der Waals surface area contributed by atoms with Crippen molar-refractivity contribution >= 4 is 11.9 Å². The highest BCUT2D eigenvalue weighted by Crippen LogP contribution is 2.26. The number of piperidine rings is 1. The molecule has 1 aliphatic rings. The van der Waals surface area contributed by atoms with Gasteiger partial charge in [0, 0.05) is 25.4 Å². The molecular weight excluding hydrogens is 302 g/mol. The van der Waals surface area contributed by atoms with Crippen LogP contribution in [-0.4, -0.2) is 34.5 Å². The van der Waals surface area contributed by atoms with Gasteiger partial charge in [-0.05, 0) is 49.1 Å². The summed E-state index contributed by atoms with van der Waals surface area (Å²) in [6, 6.07) is 8.60. The van der Waals surface area contributed by atoms with E-state index < -0.39 is 5.97 Å². The normalized spacial score (nSPS) is 19.1. The number of carbonyl (C=O) groups is 2. The van der Waals surface area contributed by atoms with Crippen molar-refractivity contribution in [2.75, 3.05) is 6.54 Å². The lowest BCUT2D eigenvalue weighted by Crippen LogP contribution is -2.44. The molecule has 4 heteroatoms. The molecule has 4 nitrogen and oxygen atoms in total. The van der Waals surface area contributed by atoms with E-state index >= 15 is 0 Å². The summed E-state index contributed by atoms with van der Waals surface area (Å²) in [7, 11) is 0. The van der Waals surface area contributed by atoms with Crippen LogP contribution in [-0.2, 0) is 16.0 Å². The Balaban J connectivity index is 1.96. The van der Waals surface area contributed by atoms with Crippen molar-refractivity contribution in [3.8, 4) is 0 Å². The van der Waals surface area contributed by atoms with Crippen LogP contribution in [0.4, 0.5) is 0 Å². The molecule has 1 aliphatic heterocycles. The zero-order chi connectivity index (χ0) is 17.5. The maximum atomic E-state index is 12.7. The lowest BCUT2D eigenvalue weighted by atomic mass is 9.93. The van der Waals surface area contributed by atoms with E-state index in [1.165, 1.54) is 11.1 Å². The minimum absolute atomic E-state index is 0.0945. The zero-order valence-electron chi connectivity index (χ0n) is 14.8. The minimum Gasteiger partial charge on any atom is -0.481 e. The summed E-state index contributed by atoms with van der Waals surface area (Å²) in [5.41, 5.74) is 2.50. The molecular formula is C20H29NO3. The number of aryl methyl sites for hydroxylation is 1. The Hall–Kier alpha value is -1.84. The molecule has 1 amide bonds. The van der Waals surface area contributed by atoms with Gasteiger partial charge in [0.15, 0.2) is 0 Å². The molecule has 1 fully saturated rings. The minimum atomic E-state index is -0.780. The Bertz CT molecular complexity index is 553. The topological polar surface area (TPSA) is 57.6 Å². The SMILES string of the molecule is CCc1ccc(C(C)CC(=O)N2CCCCC2CCC(=O)O)cc1. The summed E-state index contributed by atoms with van der Waals surface area (Å²) in [5.74, 6) is -0.431. The average Bonchev–Trinajstić information content (AvgIpc) is 2.60. The van der Waals surface area contributed by atoms with Crippen LogP contribution in [0.2, 0.25) is 0 Å². The first kappa shape index (κ1) is 18.5. The second kappa shape index (κ2) is 8.86.